The number of carbonyl (C=O) groups excluding carboxylic acids is 2. The van der Waals surface area contributed by atoms with Crippen LogP contribution in [0.15, 0.2) is 33.5 Å². The van der Waals surface area contributed by atoms with Crippen LogP contribution in [0.5, 0.6) is 0 Å². The normalized spacial score (nSPS) is 11.3. The second-order valence-electron chi connectivity index (χ2n) is 8.41. The van der Waals surface area contributed by atoms with Crippen LogP contribution in [0.4, 0.5) is 5.00 Å². The molecule has 8 nitrogen and oxygen atoms in total. The van der Waals surface area contributed by atoms with Gasteiger partial charge in [-0.1, -0.05) is 28.1 Å². The Bertz CT molecular complexity index is 1520. The van der Waals surface area contributed by atoms with E-state index >= 15 is 0 Å². The van der Waals surface area contributed by atoms with Gasteiger partial charge < -0.3 is 19.9 Å². The minimum Gasteiger partial charge on any atom is -0.462 e. The molecular formula is C25H25BrN4O4S2. The molecule has 188 valence electrons. The smallest absolute Gasteiger partial charge is 0.341 e. The van der Waals surface area contributed by atoms with Crippen LogP contribution in [0.2, 0.25) is 0 Å². The molecule has 3 aromatic heterocycles. The van der Waals surface area contributed by atoms with Crippen molar-refractivity contribution in [3.63, 3.8) is 0 Å². The number of aryl methyl sites for hydroxylation is 2. The van der Waals surface area contributed by atoms with Crippen LogP contribution in [-0.2, 0) is 11.3 Å². The summed E-state index contributed by atoms with van der Waals surface area (Å²) in [5, 5.41) is 3.71. The van der Waals surface area contributed by atoms with Gasteiger partial charge in [-0.2, -0.15) is 0 Å². The van der Waals surface area contributed by atoms with E-state index in [0.29, 0.717) is 43.6 Å². The molecule has 1 aromatic carbocycles. The first-order valence-corrected chi connectivity index (χ1v) is 13.6. The molecule has 0 radical (unpaired) electrons. The summed E-state index contributed by atoms with van der Waals surface area (Å²) in [7, 11) is 3.77. The third kappa shape index (κ3) is 5.15. The molecule has 0 spiro atoms. The largest absolute Gasteiger partial charge is 0.462 e. The van der Waals surface area contributed by atoms with E-state index in [9.17, 15) is 14.4 Å². The summed E-state index contributed by atoms with van der Waals surface area (Å²) >= 11 is 5.91. The van der Waals surface area contributed by atoms with E-state index in [4.69, 9.17) is 4.74 Å². The first-order valence-electron chi connectivity index (χ1n) is 11.2. The van der Waals surface area contributed by atoms with Crippen molar-refractivity contribution in [2.45, 2.75) is 27.3 Å². The highest BCUT2D eigenvalue weighted by atomic mass is 79.9. The van der Waals surface area contributed by atoms with Crippen LogP contribution in [0.3, 0.4) is 0 Å². The van der Waals surface area contributed by atoms with Crippen molar-refractivity contribution in [1.82, 2.24) is 14.9 Å². The number of esters is 1. The molecular weight excluding hydrogens is 564 g/mol. The molecule has 0 aliphatic carbocycles. The molecule has 0 saturated carbocycles. The third-order valence-electron chi connectivity index (χ3n) is 5.45. The molecule has 0 aliphatic heterocycles. The molecule has 4 rings (SSSR count). The zero-order chi connectivity index (χ0) is 26.1. The van der Waals surface area contributed by atoms with E-state index in [-0.39, 0.29) is 12.2 Å². The number of aromatic nitrogens is 2. The number of nitrogens with zero attached hydrogens (tertiary/aromatic N) is 2. The van der Waals surface area contributed by atoms with Crippen molar-refractivity contribution in [3.05, 3.63) is 65.8 Å². The van der Waals surface area contributed by atoms with Gasteiger partial charge in [0.25, 0.3) is 11.5 Å². The number of H-pyrrole nitrogens is 1. The van der Waals surface area contributed by atoms with Crippen molar-refractivity contribution >= 4 is 65.7 Å². The number of halogens is 1. The van der Waals surface area contributed by atoms with Crippen LogP contribution in [0.1, 0.15) is 43.2 Å². The van der Waals surface area contributed by atoms with Crippen molar-refractivity contribution in [2.75, 3.05) is 26.0 Å². The van der Waals surface area contributed by atoms with Crippen molar-refractivity contribution in [2.24, 2.45) is 0 Å². The Kier molecular flexibility index (Phi) is 7.74. The Hall–Kier alpha value is -2.86. The summed E-state index contributed by atoms with van der Waals surface area (Å²) in [6.45, 7) is 6.06. The quantitative estimate of drug-likeness (QED) is 0.273. The Morgan fingerprint density at radius 2 is 1.86 bits per heavy atom. The van der Waals surface area contributed by atoms with E-state index in [0.717, 1.165) is 31.8 Å². The number of carbonyl (C=O) groups is 2. The van der Waals surface area contributed by atoms with Gasteiger partial charge in [0.05, 0.1) is 23.4 Å². The van der Waals surface area contributed by atoms with Gasteiger partial charge in [-0.05, 0) is 58.1 Å². The molecule has 11 heteroatoms. The van der Waals surface area contributed by atoms with Crippen LogP contribution in [0, 0.1) is 13.8 Å². The third-order valence-corrected chi connectivity index (χ3v) is 8.18. The SMILES string of the molecule is CCOC(=O)c1c(NC(=O)c2sc3nc(CN(C)C)[nH]c(=O)c3c2C)sc(C)c1-c1ccc(Br)cc1. The number of rotatable bonds is 7. The number of hydrogen-bond donors (Lipinski definition) is 2. The molecule has 0 aliphatic rings. The minimum atomic E-state index is -0.505. The first kappa shape index (κ1) is 26.2. The van der Waals surface area contributed by atoms with Gasteiger partial charge in [-0.25, -0.2) is 9.78 Å². The summed E-state index contributed by atoms with van der Waals surface area (Å²) in [6, 6.07) is 7.62. The molecule has 0 saturated heterocycles. The first-order chi connectivity index (χ1) is 17.1. The fourth-order valence-electron chi connectivity index (χ4n) is 3.93. The summed E-state index contributed by atoms with van der Waals surface area (Å²) in [6.07, 6.45) is 0. The summed E-state index contributed by atoms with van der Waals surface area (Å²) in [5.41, 5.74) is 2.16. The summed E-state index contributed by atoms with van der Waals surface area (Å²) in [5.74, 6) is -0.379. The second kappa shape index (κ2) is 10.6. The number of fused-ring (bicyclic) bond motifs is 1. The highest BCUT2D eigenvalue weighted by Crippen LogP contribution is 2.41. The predicted molar refractivity (Wildman–Crippen MR) is 148 cm³/mol. The number of ether oxygens (including phenoxy) is 1. The number of anilines is 1. The fraction of sp³-hybridized carbons (Fsp3) is 0.280. The van der Waals surface area contributed by atoms with Gasteiger partial charge in [-0.3, -0.25) is 9.59 Å². The minimum absolute atomic E-state index is 0.208. The molecule has 0 bridgehead atoms. The second-order valence-corrected chi connectivity index (χ2v) is 11.5. The average molecular weight is 590 g/mol. The number of nitrogens with one attached hydrogen (secondary N) is 2. The molecule has 0 fully saturated rings. The predicted octanol–water partition coefficient (Wildman–Crippen LogP) is 5.58. The highest BCUT2D eigenvalue weighted by Gasteiger charge is 2.27. The van der Waals surface area contributed by atoms with Gasteiger partial charge in [0.15, 0.2) is 0 Å². The van der Waals surface area contributed by atoms with Crippen molar-refractivity contribution in [3.8, 4) is 11.1 Å². The van der Waals surface area contributed by atoms with E-state index in [1.807, 2.05) is 50.2 Å². The number of aromatic amines is 1. The van der Waals surface area contributed by atoms with E-state index in [1.54, 1.807) is 13.8 Å². The lowest BCUT2D eigenvalue weighted by Crippen LogP contribution is -2.18. The summed E-state index contributed by atoms with van der Waals surface area (Å²) in [4.78, 5) is 50.1. The Labute approximate surface area is 224 Å². The van der Waals surface area contributed by atoms with E-state index in [2.05, 4.69) is 31.2 Å². The Morgan fingerprint density at radius 1 is 1.17 bits per heavy atom. The molecule has 1 amide bonds. The molecule has 3 heterocycles. The lowest BCUT2D eigenvalue weighted by atomic mass is 10.0. The number of thiophene rings is 2. The lowest BCUT2D eigenvalue weighted by molar-refractivity contribution is 0.0529. The topological polar surface area (TPSA) is 104 Å². The molecule has 4 aromatic rings. The Morgan fingerprint density at radius 3 is 2.50 bits per heavy atom. The van der Waals surface area contributed by atoms with Gasteiger partial charge in [0.1, 0.15) is 21.2 Å². The maximum atomic E-state index is 13.4. The number of amides is 1. The van der Waals surface area contributed by atoms with Gasteiger partial charge in [0.2, 0.25) is 0 Å². The van der Waals surface area contributed by atoms with Gasteiger partial charge in [0, 0.05) is 14.9 Å². The average Bonchev–Trinajstić information content (AvgIpc) is 3.30. The molecule has 0 unspecified atom stereocenters. The molecule has 2 N–H and O–H groups in total. The molecule has 0 atom stereocenters. The van der Waals surface area contributed by atoms with Crippen molar-refractivity contribution < 1.29 is 14.3 Å². The number of benzene rings is 1. The zero-order valence-corrected chi connectivity index (χ0v) is 23.7. The van der Waals surface area contributed by atoms with Crippen molar-refractivity contribution in [1.29, 1.82) is 0 Å². The van der Waals surface area contributed by atoms with E-state index < -0.39 is 11.9 Å². The summed E-state index contributed by atoms with van der Waals surface area (Å²) < 4.78 is 6.26. The van der Waals surface area contributed by atoms with Crippen LogP contribution in [0.25, 0.3) is 21.3 Å². The van der Waals surface area contributed by atoms with Crippen LogP contribution in [-0.4, -0.2) is 47.4 Å². The fourth-order valence-corrected chi connectivity index (χ4v) is 6.35. The Balaban J connectivity index is 1.76. The maximum Gasteiger partial charge on any atom is 0.341 e. The van der Waals surface area contributed by atoms with Gasteiger partial charge in [-0.15, -0.1) is 22.7 Å². The monoisotopic (exact) mass is 588 g/mol. The van der Waals surface area contributed by atoms with Crippen LogP contribution >= 0.6 is 38.6 Å². The molecule has 36 heavy (non-hydrogen) atoms. The standard InChI is InChI=1S/C25H25BrN4O4S2/c1-6-34-25(33)19-18(14-7-9-15(26)10-8-14)13(3)35-24(19)29-22(32)20-12(2)17-21(31)27-16(11-30(4)5)28-23(17)36-20/h7-10H,6,11H2,1-5H3,(H,29,32)(H,27,28,31). The maximum absolute atomic E-state index is 13.4. The van der Waals surface area contributed by atoms with Crippen LogP contribution < -0.4 is 10.9 Å². The highest BCUT2D eigenvalue weighted by molar-refractivity contribution is 9.10. The number of hydrogen-bond acceptors (Lipinski definition) is 8. The van der Waals surface area contributed by atoms with E-state index in [1.165, 1.54) is 11.3 Å². The van der Waals surface area contributed by atoms with Gasteiger partial charge >= 0.3 is 5.97 Å². The lowest BCUT2D eigenvalue weighted by Gasteiger charge is -2.09. The zero-order valence-electron chi connectivity index (χ0n) is 20.4.